The summed E-state index contributed by atoms with van der Waals surface area (Å²) in [4.78, 5) is 42.4. The first-order chi connectivity index (χ1) is 19.0. The fourth-order valence-corrected chi connectivity index (χ4v) is 6.79. The van der Waals surface area contributed by atoms with Crippen molar-refractivity contribution in [3.05, 3.63) is 141 Å². The first-order valence-electron chi connectivity index (χ1n) is 12.8. The Balaban J connectivity index is 1.36. The van der Waals surface area contributed by atoms with E-state index in [1.807, 2.05) is 48.5 Å². The molecule has 2 atom stereocenters. The summed E-state index contributed by atoms with van der Waals surface area (Å²) in [6.45, 7) is -0.277. The number of imide groups is 1. The Kier molecular flexibility index (Phi) is 5.42. The molecule has 0 unspecified atom stereocenters. The molecule has 1 saturated heterocycles. The minimum atomic E-state index is -0.659. The first-order valence-corrected chi connectivity index (χ1v) is 13.2. The summed E-state index contributed by atoms with van der Waals surface area (Å²) in [7, 11) is 0. The SMILES string of the molecule is O=C(c1ccc(Cl)cc1)N(Cc1ccccc1F)N1C(=O)[C@H]2C3c4ccccc4C(c4ccccc43)[C@@H]2C1=O. The third-order valence-corrected chi connectivity index (χ3v) is 8.52. The molecule has 0 radical (unpaired) electrons. The number of benzene rings is 4. The van der Waals surface area contributed by atoms with Gasteiger partial charge in [0.2, 0.25) is 0 Å². The number of hydrogen-bond donors (Lipinski definition) is 0. The lowest BCUT2D eigenvalue weighted by Crippen LogP contribution is -2.50. The van der Waals surface area contributed by atoms with E-state index in [1.165, 1.54) is 18.2 Å². The van der Waals surface area contributed by atoms with Gasteiger partial charge in [0.05, 0.1) is 18.4 Å². The van der Waals surface area contributed by atoms with Gasteiger partial charge >= 0.3 is 0 Å². The van der Waals surface area contributed by atoms with Crippen molar-refractivity contribution >= 4 is 29.3 Å². The molecule has 0 aromatic heterocycles. The zero-order chi connectivity index (χ0) is 26.8. The number of carbonyl (C=O) groups excluding carboxylic acids is 3. The van der Waals surface area contributed by atoms with Crippen LogP contribution in [0.3, 0.4) is 0 Å². The van der Waals surface area contributed by atoms with Crippen LogP contribution in [0.15, 0.2) is 97.1 Å². The van der Waals surface area contributed by atoms with E-state index in [1.54, 1.807) is 30.3 Å². The smallest absolute Gasteiger partial charge is 0.272 e. The molecule has 0 N–H and O–H groups in total. The molecule has 4 aromatic carbocycles. The summed E-state index contributed by atoms with van der Waals surface area (Å²) in [5.74, 6) is -3.93. The first kappa shape index (κ1) is 23.8. The van der Waals surface area contributed by atoms with E-state index in [-0.39, 0.29) is 29.5 Å². The van der Waals surface area contributed by atoms with Gasteiger partial charge in [-0.25, -0.2) is 9.40 Å². The van der Waals surface area contributed by atoms with Crippen molar-refractivity contribution in [3.8, 4) is 0 Å². The average Bonchev–Trinajstić information content (AvgIpc) is 3.22. The lowest BCUT2D eigenvalue weighted by atomic mass is 9.55. The fourth-order valence-electron chi connectivity index (χ4n) is 6.66. The van der Waals surface area contributed by atoms with Gasteiger partial charge in [0.15, 0.2) is 0 Å². The maximum atomic E-state index is 14.8. The summed E-state index contributed by atoms with van der Waals surface area (Å²) in [5.41, 5.74) is 4.58. The molecule has 1 heterocycles. The van der Waals surface area contributed by atoms with Crippen LogP contribution >= 0.6 is 11.6 Å². The Labute approximate surface area is 229 Å². The van der Waals surface area contributed by atoms with E-state index in [0.717, 1.165) is 32.3 Å². The molecule has 7 heteroatoms. The van der Waals surface area contributed by atoms with Crippen LogP contribution in [0.5, 0.6) is 0 Å². The van der Waals surface area contributed by atoms with Crippen LogP contribution in [0.1, 0.15) is 50.0 Å². The summed E-state index contributed by atoms with van der Waals surface area (Å²) >= 11 is 6.04. The van der Waals surface area contributed by atoms with Gasteiger partial charge in [-0.1, -0.05) is 78.3 Å². The fraction of sp³-hybridized carbons (Fsp3) is 0.156. The van der Waals surface area contributed by atoms with Crippen LogP contribution in [0.4, 0.5) is 4.39 Å². The Hall–Kier alpha value is -4.29. The number of hydrogen-bond acceptors (Lipinski definition) is 3. The predicted molar refractivity (Wildman–Crippen MR) is 143 cm³/mol. The van der Waals surface area contributed by atoms with Gasteiger partial charge in [-0.3, -0.25) is 14.4 Å². The highest BCUT2D eigenvalue weighted by Gasteiger charge is 2.63. The molecule has 0 saturated carbocycles. The zero-order valence-electron chi connectivity index (χ0n) is 20.6. The Morgan fingerprint density at radius 3 is 1.67 bits per heavy atom. The topological polar surface area (TPSA) is 57.7 Å². The van der Waals surface area contributed by atoms with Crippen LogP contribution in [-0.4, -0.2) is 27.7 Å². The Morgan fingerprint density at radius 1 is 0.718 bits per heavy atom. The largest absolute Gasteiger partial charge is 0.273 e. The molecule has 39 heavy (non-hydrogen) atoms. The van der Waals surface area contributed by atoms with Crippen LogP contribution in [0.2, 0.25) is 5.02 Å². The van der Waals surface area contributed by atoms with E-state index in [4.69, 9.17) is 11.6 Å². The van der Waals surface area contributed by atoms with Gasteiger partial charge in [0.1, 0.15) is 5.82 Å². The molecule has 4 aromatic rings. The lowest BCUT2D eigenvalue weighted by molar-refractivity contribution is -0.155. The molecule has 192 valence electrons. The molecule has 0 spiro atoms. The van der Waals surface area contributed by atoms with E-state index in [0.29, 0.717) is 5.02 Å². The third-order valence-electron chi connectivity index (χ3n) is 8.27. The molecule has 2 bridgehead atoms. The van der Waals surface area contributed by atoms with Crippen LogP contribution in [0, 0.1) is 17.7 Å². The normalized spacial score (nSPS) is 22.4. The van der Waals surface area contributed by atoms with E-state index < -0.39 is 35.4 Å². The van der Waals surface area contributed by atoms with E-state index in [9.17, 15) is 18.8 Å². The van der Waals surface area contributed by atoms with Crippen molar-refractivity contribution in [2.45, 2.75) is 18.4 Å². The summed E-state index contributed by atoms with van der Waals surface area (Å²) in [6.07, 6.45) is 0. The standard InChI is InChI=1S/C32H22ClFN2O3/c33-20-15-13-18(14-16-20)30(37)35(17-19-7-1-6-12-25(19)34)36-31(38)28-26-21-8-2-3-9-22(21)27(29(28)32(36)39)24-11-5-4-10-23(24)26/h1-16,26-29H,17H2/t26?,27?,28-,29-/m0/s1. The molecule has 1 aliphatic heterocycles. The number of halogens is 2. The average molecular weight is 537 g/mol. The second kappa shape index (κ2) is 8.89. The summed E-state index contributed by atoms with van der Waals surface area (Å²) in [5, 5.41) is 2.52. The van der Waals surface area contributed by atoms with Crippen LogP contribution in [0.25, 0.3) is 0 Å². The molecular formula is C32H22ClFN2O3. The number of amides is 3. The second-order valence-electron chi connectivity index (χ2n) is 10.2. The quantitative estimate of drug-likeness (QED) is 0.304. The maximum Gasteiger partial charge on any atom is 0.273 e. The van der Waals surface area contributed by atoms with Gasteiger partial charge in [-0.05, 0) is 52.6 Å². The molecule has 3 aliphatic carbocycles. The van der Waals surface area contributed by atoms with Gasteiger partial charge in [-0.2, -0.15) is 5.01 Å². The van der Waals surface area contributed by atoms with Gasteiger partial charge in [0, 0.05) is 28.0 Å². The Bertz CT molecular complexity index is 1550. The Morgan fingerprint density at radius 2 is 1.18 bits per heavy atom. The highest BCUT2D eigenvalue weighted by atomic mass is 35.5. The lowest BCUT2D eigenvalue weighted by Gasteiger charge is -2.45. The number of rotatable bonds is 4. The molecule has 1 fully saturated rings. The highest BCUT2D eigenvalue weighted by Crippen LogP contribution is 2.61. The minimum Gasteiger partial charge on any atom is -0.272 e. The number of carbonyl (C=O) groups is 3. The van der Waals surface area contributed by atoms with Crippen molar-refractivity contribution in [1.82, 2.24) is 10.0 Å². The molecule has 3 amide bonds. The molecule has 5 nitrogen and oxygen atoms in total. The summed E-state index contributed by atoms with van der Waals surface area (Å²) < 4.78 is 14.8. The van der Waals surface area contributed by atoms with Crippen molar-refractivity contribution < 1.29 is 18.8 Å². The number of hydrazine groups is 1. The van der Waals surface area contributed by atoms with Gasteiger partial charge in [-0.15, -0.1) is 0 Å². The monoisotopic (exact) mass is 536 g/mol. The zero-order valence-corrected chi connectivity index (χ0v) is 21.4. The van der Waals surface area contributed by atoms with E-state index >= 15 is 0 Å². The van der Waals surface area contributed by atoms with Gasteiger partial charge < -0.3 is 0 Å². The van der Waals surface area contributed by atoms with E-state index in [2.05, 4.69) is 0 Å². The third kappa shape index (κ3) is 3.48. The molecule has 8 rings (SSSR count). The van der Waals surface area contributed by atoms with Crippen molar-refractivity contribution in [2.24, 2.45) is 11.8 Å². The second-order valence-corrected chi connectivity index (χ2v) is 10.7. The minimum absolute atomic E-state index is 0.199. The van der Waals surface area contributed by atoms with Crippen LogP contribution in [-0.2, 0) is 16.1 Å². The van der Waals surface area contributed by atoms with Crippen molar-refractivity contribution in [1.29, 1.82) is 0 Å². The molecule has 4 aliphatic rings. The highest BCUT2D eigenvalue weighted by molar-refractivity contribution is 6.30. The number of nitrogens with zero attached hydrogens (tertiary/aromatic N) is 2. The summed E-state index contributed by atoms with van der Waals surface area (Å²) in [6, 6.07) is 28.1. The van der Waals surface area contributed by atoms with Crippen molar-refractivity contribution in [3.63, 3.8) is 0 Å². The molecular weight excluding hydrogens is 515 g/mol. The van der Waals surface area contributed by atoms with Crippen LogP contribution < -0.4 is 0 Å². The van der Waals surface area contributed by atoms with Crippen molar-refractivity contribution in [2.75, 3.05) is 0 Å². The maximum absolute atomic E-state index is 14.8. The van der Waals surface area contributed by atoms with Gasteiger partial charge in [0.25, 0.3) is 17.7 Å². The predicted octanol–water partition coefficient (Wildman–Crippen LogP) is 5.93.